The lowest BCUT2D eigenvalue weighted by molar-refractivity contribution is 0.408. The molecule has 0 spiro atoms. The molecule has 0 saturated heterocycles. The van der Waals surface area contributed by atoms with Gasteiger partial charge in [-0.2, -0.15) is 0 Å². The summed E-state index contributed by atoms with van der Waals surface area (Å²) in [6.45, 7) is 3.13. The van der Waals surface area contributed by atoms with Crippen molar-refractivity contribution in [3.63, 3.8) is 0 Å². The molecule has 27 heavy (non-hydrogen) atoms. The Kier molecular flexibility index (Phi) is 6.94. The molecule has 0 unspecified atom stereocenters. The van der Waals surface area contributed by atoms with Crippen molar-refractivity contribution in [2.24, 2.45) is 0 Å². The van der Waals surface area contributed by atoms with Gasteiger partial charge in [-0.05, 0) is 43.0 Å². The van der Waals surface area contributed by atoms with Gasteiger partial charge in [0.1, 0.15) is 5.75 Å². The molecule has 0 aliphatic rings. The summed E-state index contributed by atoms with van der Waals surface area (Å²) in [5, 5.41) is 0.752. The van der Waals surface area contributed by atoms with Gasteiger partial charge in [0.15, 0.2) is 0 Å². The smallest absolute Gasteiger partial charge is 0.122 e. The highest BCUT2D eigenvalue weighted by molar-refractivity contribution is 6.30. The average Bonchev–Trinajstić information content (AvgIpc) is 3.10. The van der Waals surface area contributed by atoms with Gasteiger partial charge >= 0.3 is 0 Å². The van der Waals surface area contributed by atoms with E-state index in [1.807, 2.05) is 30.6 Å². The molecule has 0 radical (unpaired) electrons. The van der Waals surface area contributed by atoms with Crippen LogP contribution in [0.2, 0.25) is 5.02 Å². The predicted molar refractivity (Wildman–Crippen MR) is 113 cm³/mol. The number of ether oxygens (including phenoxy) is 1. The van der Waals surface area contributed by atoms with Crippen LogP contribution in [-0.2, 0) is 19.4 Å². The molecule has 0 aliphatic heterocycles. The third-order valence-corrected chi connectivity index (χ3v) is 5.15. The zero-order valence-corrected chi connectivity index (χ0v) is 16.9. The first-order chi connectivity index (χ1) is 13.2. The summed E-state index contributed by atoms with van der Waals surface area (Å²) in [6.07, 6.45) is 7.56. The fourth-order valence-corrected chi connectivity index (χ4v) is 3.53. The molecule has 3 nitrogen and oxygen atoms in total. The first kappa shape index (κ1) is 19.5. The summed E-state index contributed by atoms with van der Waals surface area (Å²) in [4.78, 5) is 4.74. The number of halogens is 1. The van der Waals surface area contributed by atoms with Crippen molar-refractivity contribution < 1.29 is 4.74 Å². The first-order valence-corrected chi connectivity index (χ1v) is 10.0. The number of rotatable bonds is 9. The Morgan fingerprint density at radius 3 is 2.52 bits per heavy atom. The largest absolute Gasteiger partial charge is 0.496 e. The van der Waals surface area contributed by atoms with E-state index >= 15 is 0 Å². The molecule has 0 aliphatic carbocycles. The second-order valence-corrected chi connectivity index (χ2v) is 7.20. The highest BCUT2D eigenvalue weighted by atomic mass is 35.5. The summed E-state index contributed by atoms with van der Waals surface area (Å²) in [5.41, 5.74) is 4.73. The number of nitrogens with zero attached hydrogens (tertiary/aromatic N) is 2. The van der Waals surface area contributed by atoms with E-state index in [9.17, 15) is 0 Å². The van der Waals surface area contributed by atoms with Crippen LogP contribution in [0.5, 0.6) is 5.75 Å². The molecule has 142 valence electrons. The molecule has 3 aromatic rings. The zero-order chi connectivity index (χ0) is 19.1. The van der Waals surface area contributed by atoms with Crippen LogP contribution in [0.1, 0.15) is 37.4 Å². The molecule has 0 bridgehead atoms. The molecular weight excluding hydrogens is 356 g/mol. The predicted octanol–water partition coefficient (Wildman–Crippen LogP) is 6.19. The number of benzene rings is 2. The van der Waals surface area contributed by atoms with Crippen molar-refractivity contribution in [1.29, 1.82) is 0 Å². The van der Waals surface area contributed by atoms with Gasteiger partial charge in [0, 0.05) is 22.8 Å². The van der Waals surface area contributed by atoms with Crippen LogP contribution in [0.3, 0.4) is 0 Å². The fraction of sp³-hybridized carbons (Fsp3) is 0.348. The van der Waals surface area contributed by atoms with Gasteiger partial charge in [-0.3, -0.25) is 0 Å². The van der Waals surface area contributed by atoms with E-state index in [1.165, 1.54) is 30.5 Å². The van der Waals surface area contributed by atoms with Crippen molar-refractivity contribution in [3.8, 4) is 17.0 Å². The minimum absolute atomic E-state index is 0.752. The van der Waals surface area contributed by atoms with Gasteiger partial charge in [-0.15, -0.1) is 0 Å². The molecule has 0 amide bonds. The van der Waals surface area contributed by atoms with Gasteiger partial charge in [-0.25, -0.2) is 4.98 Å². The second kappa shape index (κ2) is 9.61. The molecule has 3 rings (SSSR count). The van der Waals surface area contributed by atoms with E-state index in [2.05, 4.69) is 35.8 Å². The van der Waals surface area contributed by atoms with Crippen LogP contribution in [-0.4, -0.2) is 16.7 Å². The Morgan fingerprint density at radius 2 is 1.78 bits per heavy atom. The Labute approximate surface area is 167 Å². The van der Waals surface area contributed by atoms with Crippen LogP contribution in [0.15, 0.2) is 54.9 Å². The number of hydrogen-bond acceptors (Lipinski definition) is 2. The van der Waals surface area contributed by atoms with Gasteiger partial charge in [0.2, 0.25) is 0 Å². The van der Waals surface area contributed by atoms with E-state index in [4.69, 9.17) is 21.3 Å². The van der Waals surface area contributed by atoms with Crippen LogP contribution in [0, 0.1) is 0 Å². The quantitative estimate of drug-likeness (QED) is 0.412. The molecule has 0 N–H and O–H groups in total. The number of methoxy groups -OCH3 is 1. The number of hydrogen-bond donors (Lipinski definition) is 0. The van der Waals surface area contributed by atoms with Crippen molar-refractivity contribution in [1.82, 2.24) is 9.55 Å². The highest BCUT2D eigenvalue weighted by Gasteiger charge is 2.13. The molecule has 0 fully saturated rings. The van der Waals surface area contributed by atoms with Gasteiger partial charge in [0.25, 0.3) is 0 Å². The van der Waals surface area contributed by atoms with Crippen LogP contribution >= 0.6 is 11.6 Å². The maximum atomic E-state index is 6.06. The van der Waals surface area contributed by atoms with E-state index < -0.39 is 0 Å². The summed E-state index contributed by atoms with van der Waals surface area (Å²) in [6, 6.07) is 16.2. The molecule has 4 heteroatoms. The molecule has 1 heterocycles. The average molecular weight is 383 g/mol. The summed E-state index contributed by atoms with van der Waals surface area (Å²) < 4.78 is 7.79. The van der Waals surface area contributed by atoms with Crippen LogP contribution in [0.4, 0.5) is 0 Å². The number of imidazole rings is 1. The van der Waals surface area contributed by atoms with E-state index in [0.29, 0.717) is 0 Å². The number of aryl methyl sites for hydroxylation is 2. The minimum Gasteiger partial charge on any atom is -0.496 e. The lowest BCUT2D eigenvalue weighted by Crippen LogP contribution is -2.06. The summed E-state index contributed by atoms with van der Waals surface area (Å²) in [7, 11) is 1.73. The number of para-hydroxylation sites is 1. The third kappa shape index (κ3) is 4.92. The van der Waals surface area contributed by atoms with Crippen LogP contribution in [0.25, 0.3) is 11.3 Å². The maximum absolute atomic E-state index is 6.06. The molecule has 1 aromatic heterocycles. The lowest BCUT2D eigenvalue weighted by atomic mass is 10.1. The van der Waals surface area contributed by atoms with Crippen molar-refractivity contribution in [3.05, 3.63) is 71.1 Å². The Morgan fingerprint density at radius 1 is 1.00 bits per heavy atom. The van der Waals surface area contributed by atoms with Crippen molar-refractivity contribution >= 4 is 11.6 Å². The van der Waals surface area contributed by atoms with Crippen molar-refractivity contribution in [2.75, 3.05) is 7.11 Å². The summed E-state index contributed by atoms with van der Waals surface area (Å²) in [5.74, 6) is 0.947. The monoisotopic (exact) mass is 382 g/mol. The van der Waals surface area contributed by atoms with E-state index in [-0.39, 0.29) is 0 Å². The van der Waals surface area contributed by atoms with Gasteiger partial charge in [-0.1, -0.05) is 61.7 Å². The maximum Gasteiger partial charge on any atom is 0.122 e. The van der Waals surface area contributed by atoms with Crippen LogP contribution < -0.4 is 4.74 Å². The first-order valence-electron chi connectivity index (χ1n) is 9.64. The number of unbranched alkanes of at least 4 members (excludes halogenated alkanes) is 2. The fourth-order valence-electron chi connectivity index (χ4n) is 3.40. The molecule has 0 atom stereocenters. The highest BCUT2D eigenvalue weighted by Crippen LogP contribution is 2.26. The molecular formula is C23H27ClN2O. The lowest BCUT2D eigenvalue weighted by Gasteiger charge is -2.12. The SMILES string of the molecule is CCCCCc1c(-c2ccc(Cl)cc2)ncn1CCc1ccccc1OC. The topological polar surface area (TPSA) is 27.1 Å². The van der Waals surface area contributed by atoms with E-state index in [1.54, 1.807) is 7.11 Å². The summed E-state index contributed by atoms with van der Waals surface area (Å²) >= 11 is 6.06. The Bertz CT molecular complexity index is 855. The normalized spacial score (nSPS) is 10.9. The molecule has 0 saturated carbocycles. The standard InChI is InChI=1S/C23H27ClN2O/c1-3-4-5-9-21-23(19-11-13-20(24)14-12-19)25-17-26(21)16-15-18-8-6-7-10-22(18)27-2/h6-8,10-14,17H,3-5,9,15-16H2,1-2H3. The third-order valence-electron chi connectivity index (χ3n) is 4.90. The zero-order valence-electron chi connectivity index (χ0n) is 16.1. The number of aromatic nitrogens is 2. The van der Waals surface area contributed by atoms with E-state index in [0.717, 1.165) is 41.4 Å². The minimum atomic E-state index is 0.752. The van der Waals surface area contributed by atoms with Crippen molar-refractivity contribution in [2.45, 2.75) is 45.6 Å². The Balaban J connectivity index is 1.84. The Hall–Kier alpha value is -2.26. The van der Waals surface area contributed by atoms with Gasteiger partial charge < -0.3 is 9.30 Å². The molecule has 2 aromatic carbocycles. The second-order valence-electron chi connectivity index (χ2n) is 6.76. The van der Waals surface area contributed by atoms with Gasteiger partial charge in [0.05, 0.1) is 19.1 Å².